The lowest BCUT2D eigenvalue weighted by Gasteiger charge is -2.35. The number of hydrogen-bond acceptors (Lipinski definition) is 4. The average Bonchev–Trinajstić information content (AvgIpc) is 3.18. The summed E-state index contributed by atoms with van der Waals surface area (Å²) in [5.74, 6) is 0. The number of pyridine rings is 2. The van der Waals surface area contributed by atoms with Crippen molar-refractivity contribution < 1.29 is 0 Å². The Morgan fingerprint density at radius 3 is 2.87 bits per heavy atom. The molecule has 1 aromatic carbocycles. The molecule has 0 unspecified atom stereocenters. The third-order valence-electron chi connectivity index (χ3n) is 6.36. The van der Waals surface area contributed by atoms with Gasteiger partial charge >= 0.3 is 0 Å². The second-order valence-corrected chi connectivity index (χ2v) is 8.27. The number of nitrogens with two attached hydrogens (primary N) is 1. The van der Waals surface area contributed by atoms with E-state index < -0.39 is 0 Å². The molecular weight excluding hydrogens is 370 g/mol. The van der Waals surface area contributed by atoms with Crippen molar-refractivity contribution in [1.29, 1.82) is 0 Å². The van der Waals surface area contributed by atoms with Crippen LogP contribution in [0.15, 0.2) is 54.9 Å². The molecule has 0 spiro atoms. The highest BCUT2D eigenvalue weighted by Gasteiger charge is 2.27. The highest BCUT2D eigenvalue weighted by Crippen LogP contribution is 2.35. The lowest BCUT2D eigenvalue weighted by molar-refractivity contribution is 0.161. The van der Waals surface area contributed by atoms with Crippen molar-refractivity contribution in [3.63, 3.8) is 0 Å². The Balaban J connectivity index is 1.52. The molecule has 5 nitrogen and oxygen atoms in total. The molecule has 0 saturated heterocycles. The molecule has 5 heteroatoms. The molecule has 3 aromatic heterocycles. The maximum absolute atomic E-state index is 5.79. The first-order valence-corrected chi connectivity index (χ1v) is 11.1. The van der Waals surface area contributed by atoms with Gasteiger partial charge in [0.2, 0.25) is 0 Å². The van der Waals surface area contributed by atoms with E-state index in [1.807, 2.05) is 12.4 Å². The number of nitrogens with one attached hydrogen (secondary N) is 1. The van der Waals surface area contributed by atoms with Gasteiger partial charge in [-0.05, 0) is 69.0 Å². The number of aromatic amines is 1. The van der Waals surface area contributed by atoms with Crippen LogP contribution in [0.25, 0.3) is 21.8 Å². The first-order chi connectivity index (χ1) is 14.8. The lowest BCUT2D eigenvalue weighted by Crippen LogP contribution is -2.33. The highest BCUT2D eigenvalue weighted by atomic mass is 15.2. The van der Waals surface area contributed by atoms with Crippen LogP contribution >= 0.6 is 0 Å². The van der Waals surface area contributed by atoms with Crippen molar-refractivity contribution in [2.45, 2.75) is 44.7 Å². The molecule has 30 heavy (non-hydrogen) atoms. The topological polar surface area (TPSA) is 70.8 Å². The molecule has 1 atom stereocenters. The van der Waals surface area contributed by atoms with Gasteiger partial charge in [-0.15, -0.1) is 0 Å². The SMILES string of the molecule is NCCCCN(Cc1nccc2c1[nH]c1ccccc12)[C@@H]1CCCc2cccnc21. The first kappa shape index (κ1) is 19.2. The summed E-state index contributed by atoms with van der Waals surface area (Å²) < 4.78 is 0. The van der Waals surface area contributed by atoms with Crippen LogP contribution in [0.4, 0.5) is 0 Å². The fourth-order valence-corrected chi connectivity index (χ4v) is 4.89. The third kappa shape index (κ3) is 3.59. The van der Waals surface area contributed by atoms with Crippen LogP contribution in [0.1, 0.15) is 48.7 Å². The lowest BCUT2D eigenvalue weighted by atomic mass is 9.90. The Labute approximate surface area is 177 Å². The summed E-state index contributed by atoms with van der Waals surface area (Å²) in [6, 6.07) is 15.3. The van der Waals surface area contributed by atoms with Gasteiger partial charge in [0, 0.05) is 35.2 Å². The number of hydrogen-bond donors (Lipinski definition) is 2. The zero-order valence-electron chi connectivity index (χ0n) is 17.3. The van der Waals surface area contributed by atoms with Crippen molar-refractivity contribution in [2.75, 3.05) is 13.1 Å². The Bertz CT molecular complexity index is 1150. The second-order valence-electron chi connectivity index (χ2n) is 8.27. The van der Waals surface area contributed by atoms with E-state index in [1.54, 1.807) is 0 Å². The molecular formula is C25H29N5. The summed E-state index contributed by atoms with van der Waals surface area (Å²) in [5.41, 5.74) is 11.9. The van der Waals surface area contributed by atoms with Crippen LogP contribution in [-0.4, -0.2) is 32.9 Å². The van der Waals surface area contributed by atoms with Gasteiger partial charge in [-0.2, -0.15) is 0 Å². The second kappa shape index (κ2) is 8.54. The van der Waals surface area contributed by atoms with E-state index in [4.69, 9.17) is 15.7 Å². The molecule has 0 saturated carbocycles. The summed E-state index contributed by atoms with van der Waals surface area (Å²) in [5, 5.41) is 2.51. The van der Waals surface area contributed by atoms with E-state index in [1.165, 1.54) is 34.0 Å². The molecule has 154 valence electrons. The average molecular weight is 400 g/mol. The number of para-hydroxylation sites is 1. The maximum Gasteiger partial charge on any atom is 0.0784 e. The monoisotopic (exact) mass is 399 g/mol. The fraction of sp³-hybridized carbons (Fsp3) is 0.360. The standard InChI is InChI=1S/C25H29N5/c26-13-3-4-16-30(23-11-5-7-18-8-6-14-28-24(18)23)17-22-25-20(12-15-27-22)19-9-1-2-10-21(19)29-25/h1-2,6,8-10,12,14-15,23,29H,3-5,7,11,13,16-17,26H2/t23-/m1/s1. The molecule has 0 aliphatic heterocycles. The number of benzene rings is 1. The molecule has 0 fully saturated rings. The van der Waals surface area contributed by atoms with Gasteiger partial charge in [-0.25, -0.2) is 0 Å². The van der Waals surface area contributed by atoms with E-state index in [-0.39, 0.29) is 0 Å². The van der Waals surface area contributed by atoms with E-state index in [0.29, 0.717) is 6.04 Å². The Morgan fingerprint density at radius 2 is 1.93 bits per heavy atom. The molecule has 1 aliphatic rings. The molecule has 1 aliphatic carbocycles. The highest BCUT2D eigenvalue weighted by molar-refractivity contribution is 6.07. The Morgan fingerprint density at radius 1 is 1.00 bits per heavy atom. The minimum absolute atomic E-state index is 0.342. The van der Waals surface area contributed by atoms with Gasteiger partial charge in [0.05, 0.1) is 22.9 Å². The Kier molecular flexibility index (Phi) is 5.47. The van der Waals surface area contributed by atoms with Gasteiger partial charge in [0.1, 0.15) is 0 Å². The number of rotatable bonds is 7. The number of fused-ring (bicyclic) bond motifs is 4. The van der Waals surface area contributed by atoms with Gasteiger partial charge < -0.3 is 10.7 Å². The van der Waals surface area contributed by atoms with Crippen molar-refractivity contribution in [3.05, 3.63) is 71.8 Å². The normalized spacial score (nSPS) is 16.4. The predicted molar refractivity (Wildman–Crippen MR) is 122 cm³/mol. The smallest absolute Gasteiger partial charge is 0.0784 e. The maximum atomic E-state index is 5.79. The van der Waals surface area contributed by atoms with Crippen LogP contribution in [0.3, 0.4) is 0 Å². The van der Waals surface area contributed by atoms with Gasteiger partial charge in [-0.3, -0.25) is 14.9 Å². The molecule has 5 rings (SSSR count). The van der Waals surface area contributed by atoms with E-state index in [0.717, 1.165) is 56.5 Å². The van der Waals surface area contributed by atoms with Gasteiger partial charge in [-0.1, -0.05) is 24.3 Å². The van der Waals surface area contributed by atoms with Gasteiger partial charge in [0.15, 0.2) is 0 Å². The van der Waals surface area contributed by atoms with E-state index in [9.17, 15) is 0 Å². The van der Waals surface area contributed by atoms with Crippen LogP contribution in [-0.2, 0) is 13.0 Å². The summed E-state index contributed by atoms with van der Waals surface area (Å²) in [6.07, 6.45) is 9.51. The molecule has 4 aromatic rings. The number of nitrogens with zero attached hydrogens (tertiary/aromatic N) is 3. The summed E-state index contributed by atoms with van der Waals surface area (Å²) in [7, 11) is 0. The fourth-order valence-electron chi connectivity index (χ4n) is 4.89. The minimum atomic E-state index is 0.342. The molecule has 3 heterocycles. The summed E-state index contributed by atoms with van der Waals surface area (Å²) >= 11 is 0. The summed E-state index contributed by atoms with van der Waals surface area (Å²) in [4.78, 5) is 15.8. The first-order valence-electron chi connectivity index (χ1n) is 11.1. The predicted octanol–water partition coefficient (Wildman–Crippen LogP) is 4.73. The van der Waals surface area contributed by atoms with Gasteiger partial charge in [0.25, 0.3) is 0 Å². The summed E-state index contributed by atoms with van der Waals surface area (Å²) in [6.45, 7) is 2.56. The molecule has 0 bridgehead atoms. The van der Waals surface area contributed by atoms with Crippen molar-refractivity contribution in [3.8, 4) is 0 Å². The number of aryl methyl sites for hydroxylation is 1. The van der Waals surface area contributed by atoms with Crippen LogP contribution in [0, 0.1) is 0 Å². The molecule has 0 radical (unpaired) electrons. The molecule has 3 N–H and O–H groups in total. The third-order valence-corrected chi connectivity index (χ3v) is 6.36. The zero-order valence-corrected chi connectivity index (χ0v) is 17.3. The van der Waals surface area contributed by atoms with Crippen LogP contribution in [0.5, 0.6) is 0 Å². The van der Waals surface area contributed by atoms with E-state index >= 15 is 0 Å². The van der Waals surface area contributed by atoms with Crippen molar-refractivity contribution in [2.24, 2.45) is 5.73 Å². The quantitative estimate of drug-likeness (QED) is 0.441. The zero-order chi connectivity index (χ0) is 20.3. The minimum Gasteiger partial charge on any atom is -0.353 e. The van der Waals surface area contributed by atoms with E-state index in [2.05, 4.69) is 52.3 Å². The Hall–Kier alpha value is -2.76. The number of aromatic nitrogens is 3. The van der Waals surface area contributed by atoms with Crippen LogP contribution < -0.4 is 5.73 Å². The largest absolute Gasteiger partial charge is 0.353 e. The number of unbranched alkanes of at least 4 members (excludes halogenated alkanes) is 1. The molecule has 0 amide bonds. The van der Waals surface area contributed by atoms with Crippen LogP contribution in [0.2, 0.25) is 0 Å². The van der Waals surface area contributed by atoms with Crippen molar-refractivity contribution in [1.82, 2.24) is 19.9 Å². The van der Waals surface area contributed by atoms with Crippen molar-refractivity contribution >= 4 is 21.8 Å². The number of H-pyrrole nitrogens is 1.